The molecular formula is C17H17BrFN5O. The standard InChI is InChI=1S/C17H17BrFN5O/c1-12-15(18)10-20-24(12)8-6-17(25)21-16-5-7-23(22-16)11-13-3-2-4-14(19)9-13/h2-5,7,9-10H,6,8,11H2,1H3,(H,21,22,25). The number of nitrogens with zero attached hydrogens (tertiary/aromatic N) is 4. The minimum absolute atomic E-state index is 0.137. The van der Waals surface area contributed by atoms with Gasteiger partial charge in [-0.05, 0) is 40.5 Å². The molecule has 0 saturated heterocycles. The number of rotatable bonds is 6. The second-order valence-corrected chi connectivity index (χ2v) is 6.48. The van der Waals surface area contributed by atoms with Gasteiger partial charge in [-0.1, -0.05) is 12.1 Å². The van der Waals surface area contributed by atoms with Crippen LogP contribution in [0.4, 0.5) is 10.2 Å². The number of anilines is 1. The third kappa shape index (κ3) is 4.54. The first-order valence-electron chi connectivity index (χ1n) is 7.77. The molecule has 0 bridgehead atoms. The zero-order valence-corrected chi connectivity index (χ0v) is 15.2. The molecule has 2 heterocycles. The van der Waals surface area contributed by atoms with Gasteiger partial charge in [-0.3, -0.25) is 14.2 Å². The maximum Gasteiger partial charge on any atom is 0.227 e. The number of aryl methyl sites for hydroxylation is 1. The Labute approximate surface area is 152 Å². The van der Waals surface area contributed by atoms with Crippen molar-refractivity contribution in [2.45, 2.75) is 26.4 Å². The topological polar surface area (TPSA) is 64.7 Å². The monoisotopic (exact) mass is 405 g/mol. The smallest absolute Gasteiger partial charge is 0.227 e. The fourth-order valence-electron chi connectivity index (χ4n) is 2.40. The van der Waals surface area contributed by atoms with E-state index < -0.39 is 0 Å². The summed E-state index contributed by atoms with van der Waals surface area (Å²) >= 11 is 3.39. The Bertz CT molecular complexity index is 889. The first-order chi connectivity index (χ1) is 12.0. The Morgan fingerprint density at radius 3 is 2.92 bits per heavy atom. The zero-order chi connectivity index (χ0) is 17.8. The van der Waals surface area contributed by atoms with Gasteiger partial charge < -0.3 is 5.32 Å². The van der Waals surface area contributed by atoms with Gasteiger partial charge in [-0.2, -0.15) is 10.2 Å². The van der Waals surface area contributed by atoms with Gasteiger partial charge in [0.1, 0.15) is 5.82 Å². The molecule has 25 heavy (non-hydrogen) atoms. The predicted octanol–water partition coefficient (Wildman–Crippen LogP) is 3.37. The lowest BCUT2D eigenvalue weighted by Crippen LogP contribution is -2.16. The highest BCUT2D eigenvalue weighted by atomic mass is 79.9. The third-order valence-electron chi connectivity index (χ3n) is 3.74. The highest BCUT2D eigenvalue weighted by Gasteiger charge is 2.09. The van der Waals surface area contributed by atoms with E-state index in [1.165, 1.54) is 12.1 Å². The normalized spacial score (nSPS) is 10.8. The highest BCUT2D eigenvalue weighted by Crippen LogP contribution is 2.14. The van der Waals surface area contributed by atoms with Crippen molar-refractivity contribution in [3.63, 3.8) is 0 Å². The van der Waals surface area contributed by atoms with E-state index in [9.17, 15) is 9.18 Å². The molecule has 0 aliphatic carbocycles. The van der Waals surface area contributed by atoms with E-state index in [0.29, 0.717) is 25.3 Å². The minimum Gasteiger partial charge on any atom is -0.309 e. The van der Waals surface area contributed by atoms with E-state index >= 15 is 0 Å². The fourth-order valence-corrected chi connectivity index (χ4v) is 2.70. The van der Waals surface area contributed by atoms with Crippen LogP contribution in [0.1, 0.15) is 17.7 Å². The summed E-state index contributed by atoms with van der Waals surface area (Å²) in [5, 5.41) is 11.2. The average molecular weight is 406 g/mol. The van der Waals surface area contributed by atoms with Crippen LogP contribution in [0.25, 0.3) is 0 Å². The number of amides is 1. The van der Waals surface area contributed by atoms with Crippen LogP contribution in [0.3, 0.4) is 0 Å². The molecule has 130 valence electrons. The van der Waals surface area contributed by atoms with Gasteiger partial charge in [0.25, 0.3) is 0 Å². The molecule has 0 aliphatic rings. The summed E-state index contributed by atoms with van der Waals surface area (Å²) in [6.07, 6.45) is 3.75. The summed E-state index contributed by atoms with van der Waals surface area (Å²) < 4.78 is 17.5. The molecule has 6 nitrogen and oxygen atoms in total. The van der Waals surface area contributed by atoms with Crippen molar-refractivity contribution in [3.05, 3.63) is 64.3 Å². The summed E-state index contributed by atoms with van der Waals surface area (Å²) in [5.74, 6) is 0.0560. The zero-order valence-electron chi connectivity index (χ0n) is 13.6. The Morgan fingerprint density at radius 1 is 1.36 bits per heavy atom. The molecule has 2 aromatic heterocycles. The van der Waals surface area contributed by atoms with E-state index in [2.05, 4.69) is 31.4 Å². The van der Waals surface area contributed by atoms with Gasteiger partial charge in [0.2, 0.25) is 5.91 Å². The van der Waals surface area contributed by atoms with Gasteiger partial charge in [0.05, 0.1) is 23.8 Å². The van der Waals surface area contributed by atoms with Crippen LogP contribution >= 0.6 is 15.9 Å². The van der Waals surface area contributed by atoms with Crippen LogP contribution in [-0.2, 0) is 17.9 Å². The number of aromatic nitrogens is 4. The van der Waals surface area contributed by atoms with Crippen molar-refractivity contribution >= 4 is 27.7 Å². The Hall–Kier alpha value is -2.48. The fraction of sp³-hybridized carbons (Fsp3) is 0.235. The van der Waals surface area contributed by atoms with Crippen molar-refractivity contribution in [1.29, 1.82) is 0 Å². The molecule has 0 radical (unpaired) electrons. The lowest BCUT2D eigenvalue weighted by molar-refractivity contribution is -0.116. The maximum atomic E-state index is 13.2. The molecule has 0 unspecified atom stereocenters. The number of nitrogens with one attached hydrogen (secondary N) is 1. The summed E-state index contributed by atoms with van der Waals surface area (Å²) in [6, 6.07) is 8.07. The van der Waals surface area contributed by atoms with Crippen LogP contribution in [-0.4, -0.2) is 25.5 Å². The third-order valence-corrected chi connectivity index (χ3v) is 4.51. The van der Waals surface area contributed by atoms with E-state index in [-0.39, 0.29) is 11.7 Å². The van der Waals surface area contributed by atoms with Crippen molar-refractivity contribution in [1.82, 2.24) is 19.6 Å². The van der Waals surface area contributed by atoms with Crippen LogP contribution in [0.15, 0.2) is 47.2 Å². The number of hydrogen-bond acceptors (Lipinski definition) is 3. The summed E-state index contributed by atoms with van der Waals surface area (Å²) in [5.41, 5.74) is 1.79. The van der Waals surface area contributed by atoms with Crippen molar-refractivity contribution in [3.8, 4) is 0 Å². The van der Waals surface area contributed by atoms with Gasteiger partial charge in [0.15, 0.2) is 5.82 Å². The van der Waals surface area contributed by atoms with Crippen LogP contribution in [0.2, 0.25) is 0 Å². The van der Waals surface area contributed by atoms with Gasteiger partial charge in [-0.25, -0.2) is 4.39 Å². The van der Waals surface area contributed by atoms with Crippen molar-refractivity contribution in [2.75, 3.05) is 5.32 Å². The van der Waals surface area contributed by atoms with Gasteiger partial charge in [0, 0.05) is 24.4 Å². The minimum atomic E-state index is -0.279. The molecule has 0 saturated carbocycles. The van der Waals surface area contributed by atoms with E-state index in [1.54, 1.807) is 33.9 Å². The SMILES string of the molecule is Cc1c(Br)cnn1CCC(=O)Nc1ccn(Cc2cccc(F)c2)n1. The molecule has 3 rings (SSSR count). The molecule has 0 atom stereocenters. The molecular weight excluding hydrogens is 389 g/mol. The maximum absolute atomic E-state index is 13.2. The first-order valence-corrected chi connectivity index (χ1v) is 8.56. The molecule has 0 aliphatic heterocycles. The quantitative estimate of drug-likeness (QED) is 0.683. The van der Waals surface area contributed by atoms with Gasteiger partial charge >= 0.3 is 0 Å². The first kappa shape index (κ1) is 17.3. The van der Waals surface area contributed by atoms with Crippen LogP contribution in [0, 0.1) is 12.7 Å². The Balaban J connectivity index is 1.54. The lowest BCUT2D eigenvalue weighted by atomic mass is 10.2. The Kier molecular flexibility index (Phi) is 5.28. The van der Waals surface area contributed by atoms with Crippen LogP contribution in [0.5, 0.6) is 0 Å². The van der Waals surface area contributed by atoms with E-state index in [0.717, 1.165) is 15.7 Å². The summed E-state index contributed by atoms with van der Waals surface area (Å²) in [4.78, 5) is 12.1. The second kappa shape index (κ2) is 7.60. The number of hydrogen-bond donors (Lipinski definition) is 1. The number of benzene rings is 1. The summed E-state index contributed by atoms with van der Waals surface area (Å²) in [7, 11) is 0. The number of halogens is 2. The molecule has 8 heteroatoms. The summed E-state index contributed by atoms with van der Waals surface area (Å²) in [6.45, 7) is 2.87. The molecule has 1 amide bonds. The molecule has 0 fully saturated rings. The largest absolute Gasteiger partial charge is 0.309 e. The van der Waals surface area contributed by atoms with Gasteiger partial charge in [-0.15, -0.1) is 0 Å². The highest BCUT2D eigenvalue weighted by molar-refractivity contribution is 9.10. The molecule has 1 aromatic carbocycles. The second-order valence-electron chi connectivity index (χ2n) is 5.63. The van der Waals surface area contributed by atoms with Crippen molar-refractivity contribution in [2.24, 2.45) is 0 Å². The van der Waals surface area contributed by atoms with Crippen LogP contribution < -0.4 is 5.32 Å². The number of carbonyl (C=O) groups is 1. The van der Waals surface area contributed by atoms with E-state index in [1.807, 2.05) is 13.0 Å². The lowest BCUT2D eigenvalue weighted by Gasteiger charge is -2.05. The average Bonchev–Trinajstić information content (AvgIpc) is 3.13. The van der Waals surface area contributed by atoms with E-state index in [4.69, 9.17) is 0 Å². The molecule has 3 aromatic rings. The number of carbonyl (C=O) groups excluding carboxylic acids is 1. The molecule has 0 spiro atoms. The predicted molar refractivity (Wildman–Crippen MR) is 95.6 cm³/mol. The van der Waals surface area contributed by atoms with Crippen molar-refractivity contribution < 1.29 is 9.18 Å². The Morgan fingerprint density at radius 2 is 2.20 bits per heavy atom. The molecule has 1 N–H and O–H groups in total.